The number of aromatic amines is 1. The lowest BCUT2D eigenvalue weighted by Gasteiger charge is -2.19. The summed E-state index contributed by atoms with van der Waals surface area (Å²) in [4.78, 5) is 23.6. The quantitative estimate of drug-likeness (QED) is 0.217. The Bertz CT molecular complexity index is 721. The fraction of sp³-hybridized carbons (Fsp3) is 0.500. The summed E-state index contributed by atoms with van der Waals surface area (Å²) in [6.45, 7) is 7.18. The molecule has 9 heteroatoms. The van der Waals surface area contributed by atoms with Crippen molar-refractivity contribution in [3.05, 3.63) is 30.1 Å². The number of imidazole rings is 1. The summed E-state index contributed by atoms with van der Waals surface area (Å²) in [6.07, 6.45) is 0.332. The van der Waals surface area contributed by atoms with Crippen LogP contribution in [-0.2, 0) is 11.2 Å². The van der Waals surface area contributed by atoms with Crippen LogP contribution in [0.4, 0.5) is 4.79 Å². The molecule has 0 aliphatic carbocycles. The van der Waals surface area contributed by atoms with Gasteiger partial charge in [-0.2, -0.15) is 0 Å². The highest BCUT2D eigenvalue weighted by atomic mass is 127. The number of rotatable bonds is 6. The molecular weight excluding hydrogens is 459 g/mol. The number of nitrogens with zero attached hydrogens (tertiary/aromatic N) is 2. The predicted octanol–water partition coefficient (Wildman–Crippen LogP) is 2.41. The number of aliphatic imine (C=N–C) groups is 1. The number of hydrogen-bond acceptors (Lipinski definition) is 4. The monoisotopic (exact) mass is 488 g/mol. The standard InChI is InChI=1S/C18H28N6O2.HI/c1-18(2,3)26-17(25)22-12-11-21-16(19-4)20-10-9-15-23-13-7-5-6-8-14(13)24-15;/h5-8H,9-12H2,1-4H3,(H,22,25)(H,23,24)(H2,19,20,21);1H. The first kappa shape index (κ1) is 23.0. The number of fused-ring (bicyclic) bond motifs is 1. The Morgan fingerprint density at radius 3 is 2.48 bits per heavy atom. The van der Waals surface area contributed by atoms with Gasteiger partial charge in [-0.25, -0.2) is 9.78 Å². The van der Waals surface area contributed by atoms with E-state index in [0.717, 1.165) is 23.3 Å². The number of carbonyl (C=O) groups excluding carboxylic acids is 1. The van der Waals surface area contributed by atoms with Gasteiger partial charge in [-0.15, -0.1) is 24.0 Å². The van der Waals surface area contributed by atoms with Gasteiger partial charge in [0.15, 0.2) is 5.96 Å². The first-order chi connectivity index (χ1) is 12.4. The number of amides is 1. The number of nitrogens with one attached hydrogen (secondary N) is 4. The third kappa shape index (κ3) is 8.46. The first-order valence-electron chi connectivity index (χ1n) is 8.72. The van der Waals surface area contributed by atoms with E-state index in [0.29, 0.717) is 25.6 Å². The number of para-hydroxylation sites is 2. The minimum atomic E-state index is -0.494. The second-order valence-corrected chi connectivity index (χ2v) is 6.81. The van der Waals surface area contributed by atoms with Crippen LogP contribution >= 0.6 is 24.0 Å². The summed E-state index contributed by atoms with van der Waals surface area (Å²) < 4.78 is 5.18. The van der Waals surface area contributed by atoms with Gasteiger partial charge in [0, 0.05) is 33.1 Å². The van der Waals surface area contributed by atoms with Crippen molar-refractivity contribution >= 4 is 47.1 Å². The molecule has 0 bridgehead atoms. The van der Waals surface area contributed by atoms with Gasteiger partial charge in [0.2, 0.25) is 0 Å². The van der Waals surface area contributed by atoms with Crippen molar-refractivity contribution in [3.8, 4) is 0 Å². The largest absolute Gasteiger partial charge is 0.444 e. The van der Waals surface area contributed by atoms with Crippen molar-refractivity contribution in [1.82, 2.24) is 25.9 Å². The molecule has 0 fully saturated rings. The van der Waals surface area contributed by atoms with Crippen molar-refractivity contribution < 1.29 is 9.53 Å². The summed E-state index contributed by atoms with van der Waals surface area (Å²) in [5.74, 6) is 1.60. The number of alkyl carbamates (subject to hydrolysis) is 1. The van der Waals surface area contributed by atoms with Gasteiger partial charge in [0.1, 0.15) is 11.4 Å². The second-order valence-electron chi connectivity index (χ2n) is 6.81. The molecular formula is C18H29IN6O2. The van der Waals surface area contributed by atoms with E-state index < -0.39 is 11.7 Å². The molecule has 2 rings (SSSR count). The Kier molecular flexibility index (Phi) is 9.33. The van der Waals surface area contributed by atoms with Gasteiger partial charge >= 0.3 is 6.09 Å². The minimum Gasteiger partial charge on any atom is -0.444 e. The van der Waals surface area contributed by atoms with E-state index in [1.165, 1.54) is 0 Å². The highest BCUT2D eigenvalue weighted by Crippen LogP contribution is 2.10. The first-order valence-corrected chi connectivity index (χ1v) is 8.72. The van der Waals surface area contributed by atoms with Crippen LogP contribution in [-0.4, -0.2) is 54.3 Å². The fourth-order valence-electron chi connectivity index (χ4n) is 2.30. The smallest absolute Gasteiger partial charge is 0.407 e. The molecule has 0 aliphatic rings. The third-order valence-corrected chi connectivity index (χ3v) is 3.40. The summed E-state index contributed by atoms with van der Waals surface area (Å²) in [5.41, 5.74) is 1.52. The molecule has 1 amide bonds. The van der Waals surface area contributed by atoms with Gasteiger partial charge in [-0.1, -0.05) is 12.1 Å². The summed E-state index contributed by atoms with van der Waals surface area (Å²) in [7, 11) is 1.71. The number of aromatic nitrogens is 2. The molecule has 0 saturated carbocycles. The van der Waals surface area contributed by atoms with Crippen LogP contribution in [0, 0.1) is 0 Å². The summed E-state index contributed by atoms with van der Waals surface area (Å²) >= 11 is 0. The highest BCUT2D eigenvalue weighted by molar-refractivity contribution is 14.0. The zero-order valence-electron chi connectivity index (χ0n) is 16.3. The molecule has 2 aromatic rings. The molecule has 1 aromatic carbocycles. The van der Waals surface area contributed by atoms with Crippen molar-refractivity contribution in [2.75, 3.05) is 26.7 Å². The topological polar surface area (TPSA) is 103 Å². The average molecular weight is 488 g/mol. The van der Waals surface area contributed by atoms with Gasteiger partial charge in [0.25, 0.3) is 0 Å². The van der Waals surface area contributed by atoms with Crippen LogP contribution in [0.1, 0.15) is 26.6 Å². The van der Waals surface area contributed by atoms with Crippen molar-refractivity contribution in [1.29, 1.82) is 0 Å². The lowest BCUT2D eigenvalue weighted by molar-refractivity contribution is 0.0529. The number of halogens is 1. The number of carbonyl (C=O) groups is 1. The molecule has 0 atom stereocenters. The van der Waals surface area contributed by atoms with E-state index in [4.69, 9.17) is 4.74 Å². The molecule has 1 aromatic heterocycles. The van der Waals surface area contributed by atoms with Crippen molar-refractivity contribution in [2.45, 2.75) is 32.8 Å². The number of benzene rings is 1. The highest BCUT2D eigenvalue weighted by Gasteiger charge is 2.15. The number of ether oxygens (including phenoxy) is 1. The maximum Gasteiger partial charge on any atom is 0.407 e. The Hall–Kier alpha value is -2.04. The number of guanidine groups is 1. The predicted molar refractivity (Wildman–Crippen MR) is 119 cm³/mol. The van der Waals surface area contributed by atoms with E-state index in [1.807, 2.05) is 45.0 Å². The number of H-pyrrole nitrogens is 1. The number of hydrogen-bond donors (Lipinski definition) is 4. The van der Waals surface area contributed by atoms with Gasteiger partial charge < -0.3 is 25.7 Å². The second kappa shape index (κ2) is 11.0. The van der Waals surface area contributed by atoms with Crippen LogP contribution in [0.5, 0.6) is 0 Å². The van der Waals surface area contributed by atoms with Gasteiger partial charge in [-0.3, -0.25) is 4.99 Å². The van der Waals surface area contributed by atoms with E-state index in [1.54, 1.807) is 7.05 Å². The van der Waals surface area contributed by atoms with E-state index >= 15 is 0 Å². The molecule has 27 heavy (non-hydrogen) atoms. The zero-order valence-corrected chi connectivity index (χ0v) is 18.6. The van der Waals surface area contributed by atoms with Crippen LogP contribution in [0.2, 0.25) is 0 Å². The summed E-state index contributed by atoms with van der Waals surface area (Å²) in [6, 6.07) is 7.96. The summed E-state index contributed by atoms with van der Waals surface area (Å²) in [5, 5.41) is 9.06. The molecule has 0 radical (unpaired) electrons. The third-order valence-electron chi connectivity index (χ3n) is 3.40. The fourth-order valence-corrected chi connectivity index (χ4v) is 2.30. The van der Waals surface area contributed by atoms with Crippen LogP contribution in [0.15, 0.2) is 29.3 Å². The van der Waals surface area contributed by atoms with E-state index in [2.05, 4.69) is 30.9 Å². The van der Waals surface area contributed by atoms with Crippen molar-refractivity contribution in [2.24, 2.45) is 4.99 Å². The Balaban J connectivity index is 0.00000364. The van der Waals surface area contributed by atoms with E-state index in [9.17, 15) is 4.79 Å². The lowest BCUT2D eigenvalue weighted by atomic mass is 10.2. The molecule has 0 saturated heterocycles. The molecule has 8 nitrogen and oxygen atoms in total. The van der Waals surface area contributed by atoms with Gasteiger partial charge in [0.05, 0.1) is 11.0 Å². The van der Waals surface area contributed by atoms with Gasteiger partial charge in [-0.05, 0) is 32.9 Å². The molecule has 0 unspecified atom stereocenters. The molecule has 0 spiro atoms. The molecule has 150 valence electrons. The van der Waals surface area contributed by atoms with Crippen LogP contribution in [0.25, 0.3) is 11.0 Å². The Morgan fingerprint density at radius 2 is 1.81 bits per heavy atom. The van der Waals surface area contributed by atoms with Crippen molar-refractivity contribution in [3.63, 3.8) is 0 Å². The average Bonchev–Trinajstić information content (AvgIpc) is 2.98. The molecule has 4 N–H and O–H groups in total. The zero-order chi connectivity index (χ0) is 19.0. The Morgan fingerprint density at radius 1 is 1.15 bits per heavy atom. The maximum atomic E-state index is 11.6. The maximum absolute atomic E-state index is 11.6. The minimum absolute atomic E-state index is 0. The lowest BCUT2D eigenvalue weighted by Crippen LogP contribution is -2.43. The van der Waals surface area contributed by atoms with Crippen LogP contribution in [0.3, 0.4) is 0 Å². The Labute approximate surface area is 177 Å². The molecule has 0 aliphatic heterocycles. The normalized spacial score (nSPS) is 11.6. The molecule has 1 heterocycles. The van der Waals surface area contributed by atoms with E-state index in [-0.39, 0.29) is 24.0 Å². The van der Waals surface area contributed by atoms with Crippen LogP contribution < -0.4 is 16.0 Å². The SMILES string of the molecule is CN=C(NCCNC(=O)OC(C)(C)C)NCCc1nc2ccccc2[nH]1.I.